The minimum atomic E-state index is 0.550. The molecule has 0 amide bonds. The normalized spacial score (nSPS) is 11.5. The number of hydrogen-bond donors (Lipinski definition) is 1. The molecule has 0 radical (unpaired) electrons. The maximum atomic E-state index is 6.02. The standard InChI is InChI=1S/C12H16N6S/c1-3-8-10-11(17(2)16-8)18(12(13)15-10)6-4-9-14-5-7-19-9/h5,7H,3-4,6H2,1-2H3,(H2,13,15). The van der Waals surface area contributed by atoms with E-state index in [1.165, 1.54) is 0 Å². The van der Waals surface area contributed by atoms with E-state index in [2.05, 4.69) is 22.0 Å². The largest absolute Gasteiger partial charge is 0.369 e. The van der Waals surface area contributed by atoms with Crippen molar-refractivity contribution in [2.75, 3.05) is 5.73 Å². The number of aromatic nitrogens is 5. The van der Waals surface area contributed by atoms with E-state index in [1.807, 2.05) is 27.9 Å². The maximum absolute atomic E-state index is 6.02. The number of nitrogen functional groups attached to an aromatic ring is 1. The van der Waals surface area contributed by atoms with E-state index < -0.39 is 0 Å². The second-order valence-electron chi connectivity index (χ2n) is 4.39. The lowest BCUT2D eigenvalue weighted by Gasteiger charge is -2.05. The van der Waals surface area contributed by atoms with Crippen LogP contribution < -0.4 is 5.73 Å². The van der Waals surface area contributed by atoms with E-state index in [1.54, 1.807) is 11.3 Å². The van der Waals surface area contributed by atoms with E-state index in [0.29, 0.717) is 5.95 Å². The fraction of sp³-hybridized carbons (Fsp3) is 0.417. The summed E-state index contributed by atoms with van der Waals surface area (Å²) in [7, 11) is 1.93. The highest BCUT2D eigenvalue weighted by molar-refractivity contribution is 7.09. The average molecular weight is 276 g/mol. The van der Waals surface area contributed by atoms with E-state index in [0.717, 1.165) is 41.3 Å². The zero-order chi connectivity index (χ0) is 13.4. The summed E-state index contributed by atoms with van der Waals surface area (Å²) >= 11 is 1.66. The lowest BCUT2D eigenvalue weighted by atomic mass is 10.3. The first-order valence-electron chi connectivity index (χ1n) is 6.26. The van der Waals surface area contributed by atoms with Crippen LogP contribution in [0.5, 0.6) is 0 Å². The van der Waals surface area contributed by atoms with Crippen LogP contribution in [-0.4, -0.2) is 24.3 Å². The minimum Gasteiger partial charge on any atom is -0.369 e. The van der Waals surface area contributed by atoms with Crippen LogP contribution in [0, 0.1) is 0 Å². The number of imidazole rings is 1. The molecule has 0 aliphatic heterocycles. The monoisotopic (exact) mass is 276 g/mol. The molecule has 0 aromatic carbocycles. The third-order valence-electron chi connectivity index (χ3n) is 3.19. The number of fused-ring (bicyclic) bond motifs is 1. The Labute approximate surface area is 114 Å². The van der Waals surface area contributed by atoms with E-state index >= 15 is 0 Å². The van der Waals surface area contributed by atoms with Crippen molar-refractivity contribution in [2.45, 2.75) is 26.3 Å². The Kier molecular flexibility index (Phi) is 2.98. The molecule has 0 atom stereocenters. The summed E-state index contributed by atoms with van der Waals surface area (Å²) in [6.45, 7) is 2.85. The Morgan fingerprint density at radius 2 is 2.26 bits per heavy atom. The first-order valence-corrected chi connectivity index (χ1v) is 7.14. The number of nitrogens with two attached hydrogens (primary N) is 1. The van der Waals surface area contributed by atoms with Gasteiger partial charge in [-0.05, 0) is 6.42 Å². The molecule has 7 heteroatoms. The van der Waals surface area contributed by atoms with Crippen molar-refractivity contribution in [3.8, 4) is 0 Å². The fourth-order valence-corrected chi connectivity index (χ4v) is 2.91. The molecule has 0 fully saturated rings. The van der Waals surface area contributed by atoms with Crippen LogP contribution in [0.1, 0.15) is 17.6 Å². The number of hydrogen-bond acceptors (Lipinski definition) is 5. The second-order valence-corrected chi connectivity index (χ2v) is 5.37. The van der Waals surface area contributed by atoms with Gasteiger partial charge in [0, 0.05) is 31.6 Å². The van der Waals surface area contributed by atoms with Gasteiger partial charge in [0.25, 0.3) is 0 Å². The molecular weight excluding hydrogens is 260 g/mol. The van der Waals surface area contributed by atoms with Gasteiger partial charge in [-0.3, -0.25) is 9.25 Å². The predicted molar refractivity (Wildman–Crippen MR) is 76.1 cm³/mol. The molecule has 3 aromatic rings. The molecule has 0 unspecified atom stereocenters. The molecule has 100 valence electrons. The molecule has 0 saturated heterocycles. The average Bonchev–Trinajstić information content (AvgIpc) is 3.06. The Morgan fingerprint density at radius 1 is 1.42 bits per heavy atom. The third kappa shape index (κ3) is 1.99. The molecule has 2 N–H and O–H groups in total. The van der Waals surface area contributed by atoms with Crippen molar-refractivity contribution >= 4 is 28.4 Å². The van der Waals surface area contributed by atoms with Gasteiger partial charge in [-0.25, -0.2) is 9.97 Å². The van der Waals surface area contributed by atoms with E-state index in [9.17, 15) is 0 Å². The first-order chi connectivity index (χ1) is 9.20. The molecule has 0 saturated carbocycles. The molecular formula is C12H16N6S. The van der Waals surface area contributed by atoms with Crippen LogP contribution in [0.15, 0.2) is 11.6 Å². The highest BCUT2D eigenvalue weighted by Crippen LogP contribution is 2.21. The summed E-state index contributed by atoms with van der Waals surface area (Å²) < 4.78 is 3.88. The number of aryl methyl sites for hydroxylation is 4. The van der Waals surface area contributed by atoms with Gasteiger partial charge in [-0.2, -0.15) is 5.10 Å². The van der Waals surface area contributed by atoms with Crippen molar-refractivity contribution in [3.63, 3.8) is 0 Å². The van der Waals surface area contributed by atoms with Crippen molar-refractivity contribution in [2.24, 2.45) is 7.05 Å². The molecule has 19 heavy (non-hydrogen) atoms. The second kappa shape index (κ2) is 4.65. The lowest BCUT2D eigenvalue weighted by Crippen LogP contribution is -2.08. The molecule has 0 aliphatic carbocycles. The summed E-state index contributed by atoms with van der Waals surface area (Å²) in [5.74, 6) is 0.550. The predicted octanol–water partition coefficient (Wildman–Crippen LogP) is 1.61. The molecule has 0 aliphatic rings. The molecule has 0 bridgehead atoms. The minimum absolute atomic E-state index is 0.550. The quantitative estimate of drug-likeness (QED) is 0.785. The molecule has 3 heterocycles. The SMILES string of the molecule is CCc1nn(C)c2c1nc(N)n2CCc1nccs1. The van der Waals surface area contributed by atoms with Gasteiger partial charge in [0.05, 0.1) is 10.7 Å². The molecule has 6 nitrogen and oxygen atoms in total. The summed E-state index contributed by atoms with van der Waals surface area (Å²) in [6, 6.07) is 0. The van der Waals surface area contributed by atoms with Gasteiger partial charge < -0.3 is 5.73 Å². The van der Waals surface area contributed by atoms with E-state index in [-0.39, 0.29) is 0 Å². The van der Waals surface area contributed by atoms with Gasteiger partial charge >= 0.3 is 0 Å². The smallest absolute Gasteiger partial charge is 0.202 e. The van der Waals surface area contributed by atoms with Crippen molar-refractivity contribution in [3.05, 3.63) is 22.3 Å². The first kappa shape index (κ1) is 12.2. The van der Waals surface area contributed by atoms with Gasteiger partial charge in [-0.1, -0.05) is 6.92 Å². The topological polar surface area (TPSA) is 74.6 Å². The van der Waals surface area contributed by atoms with Crippen LogP contribution in [0.25, 0.3) is 11.2 Å². The lowest BCUT2D eigenvalue weighted by molar-refractivity contribution is 0.675. The van der Waals surface area contributed by atoms with Crippen molar-refractivity contribution < 1.29 is 0 Å². The van der Waals surface area contributed by atoms with Crippen LogP contribution in [0.3, 0.4) is 0 Å². The van der Waals surface area contributed by atoms with Crippen molar-refractivity contribution in [1.29, 1.82) is 0 Å². The fourth-order valence-electron chi connectivity index (χ4n) is 2.30. The summed E-state index contributed by atoms with van der Waals surface area (Å²) in [4.78, 5) is 8.74. The zero-order valence-electron chi connectivity index (χ0n) is 11.0. The molecule has 3 rings (SSSR count). The highest BCUT2D eigenvalue weighted by atomic mass is 32.1. The third-order valence-corrected chi connectivity index (χ3v) is 4.03. The summed E-state index contributed by atoms with van der Waals surface area (Å²) in [5.41, 5.74) is 8.93. The Bertz CT molecular complexity index is 694. The van der Waals surface area contributed by atoms with Gasteiger partial charge in [0.1, 0.15) is 5.52 Å². The summed E-state index contributed by atoms with van der Waals surface area (Å²) in [5, 5.41) is 7.58. The molecule has 3 aromatic heterocycles. The van der Waals surface area contributed by atoms with Gasteiger partial charge in [0.15, 0.2) is 5.65 Å². The number of nitrogens with zero attached hydrogens (tertiary/aromatic N) is 5. The van der Waals surface area contributed by atoms with Crippen LogP contribution in [0.2, 0.25) is 0 Å². The van der Waals surface area contributed by atoms with Crippen LogP contribution in [-0.2, 0) is 26.4 Å². The number of rotatable bonds is 4. The van der Waals surface area contributed by atoms with E-state index in [4.69, 9.17) is 5.73 Å². The van der Waals surface area contributed by atoms with Gasteiger partial charge in [0.2, 0.25) is 5.95 Å². The zero-order valence-corrected chi connectivity index (χ0v) is 11.8. The Balaban J connectivity index is 1.98. The highest BCUT2D eigenvalue weighted by Gasteiger charge is 2.16. The summed E-state index contributed by atoms with van der Waals surface area (Å²) in [6.07, 6.45) is 3.55. The number of anilines is 1. The van der Waals surface area contributed by atoms with Crippen molar-refractivity contribution in [1.82, 2.24) is 24.3 Å². The maximum Gasteiger partial charge on any atom is 0.202 e. The number of thiazole rings is 1. The van der Waals surface area contributed by atoms with Crippen LogP contribution in [0.4, 0.5) is 5.95 Å². The van der Waals surface area contributed by atoms with Crippen LogP contribution >= 0.6 is 11.3 Å². The van der Waals surface area contributed by atoms with Gasteiger partial charge in [-0.15, -0.1) is 11.3 Å². The Morgan fingerprint density at radius 3 is 2.95 bits per heavy atom. The molecule has 0 spiro atoms. The Hall–Kier alpha value is -1.89.